The predicted molar refractivity (Wildman–Crippen MR) is 88.1 cm³/mol. The van der Waals surface area contributed by atoms with E-state index in [9.17, 15) is 0 Å². The minimum Gasteiger partial charge on any atom is -0.371 e. The van der Waals surface area contributed by atoms with Crippen molar-refractivity contribution in [3.63, 3.8) is 0 Å². The first-order valence-electron chi connectivity index (χ1n) is 8.60. The molecule has 1 N–H and O–H groups in total. The van der Waals surface area contributed by atoms with Gasteiger partial charge in [-0.1, -0.05) is 20.8 Å². The van der Waals surface area contributed by atoms with Crippen molar-refractivity contribution >= 4 is 0 Å². The maximum Gasteiger partial charge on any atom is 0.0810 e. The molecule has 0 amide bonds. The fourth-order valence-electron chi connectivity index (χ4n) is 3.11. The molecular formula is C18H37NO. The Labute approximate surface area is 127 Å². The topological polar surface area (TPSA) is 21.3 Å². The number of nitrogens with one attached hydrogen (secondary N) is 1. The van der Waals surface area contributed by atoms with Gasteiger partial charge in [-0.25, -0.2) is 0 Å². The summed E-state index contributed by atoms with van der Waals surface area (Å²) in [6.45, 7) is 16.9. The van der Waals surface area contributed by atoms with Gasteiger partial charge in [0.05, 0.1) is 11.7 Å². The first kappa shape index (κ1) is 18.0. The quantitative estimate of drug-likeness (QED) is 0.758. The van der Waals surface area contributed by atoms with Gasteiger partial charge in [-0.05, 0) is 71.6 Å². The molecule has 1 unspecified atom stereocenters. The molecule has 2 nitrogen and oxygen atoms in total. The van der Waals surface area contributed by atoms with Crippen molar-refractivity contribution in [1.29, 1.82) is 0 Å². The summed E-state index contributed by atoms with van der Waals surface area (Å²) in [5, 5.41) is 3.68. The number of ether oxygens (including phenoxy) is 1. The number of hydrogen-bond acceptors (Lipinski definition) is 2. The monoisotopic (exact) mass is 283 g/mol. The van der Waals surface area contributed by atoms with E-state index in [0.29, 0.717) is 6.10 Å². The molecule has 0 spiro atoms. The van der Waals surface area contributed by atoms with Gasteiger partial charge in [0.25, 0.3) is 0 Å². The second-order valence-corrected chi connectivity index (χ2v) is 8.20. The van der Waals surface area contributed by atoms with Crippen molar-refractivity contribution in [3.05, 3.63) is 0 Å². The maximum atomic E-state index is 6.49. The van der Waals surface area contributed by atoms with E-state index in [0.717, 1.165) is 24.8 Å². The zero-order chi connectivity index (χ0) is 15.4. The highest BCUT2D eigenvalue weighted by atomic mass is 16.5. The standard InChI is InChI=1S/C18H37NO/c1-8-15(4)20-18(13-19-17(5,6)7)11-9-16(10-12-18)14(2)3/h14-16,19H,8-13H2,1-7H3. The second kappa shape index (κ2) is 7.26. The van der Waals surface area contributed by atoms with E-state index in [2.05, 4.69) is 53.8 Å². The van der Waals surface area contributed by atoms with E-state index in [1.807, 2.05) is 0 Å². The molecule has 120 valence electrons. The number of hydrogen-bond donors (Lipinski definition) is 1. The highest BCUT2D eigenvalue weighted by Gasteiger charge is 2.38. The summed E-state index contributed by atoms with van der Waals surface area (Å²) in [5.41, 5.74) is 0.231. The van der Waals surface area contributed by atoms with E-state index in [-0.39, 0.29) is 11.1 Å². The predicted octanol–water partition coefficient (Wildman–Crippen LogP) is 4.77. The van der Waals surface area contributed by atoms with Crippen molar-refractivity contribution in [2.75, 3.05) is 6.54 Å². The fraction of sp³-hybridized carbons (Fsp3) is 1.00. The number of rotatable bonds is 6. The summed E-state index contributed by atoms with van der Waals surface area (Å²) in [6.07, 6.45) is 6.53. The Hall–Kier alpha value is -0.0800. The summed E-state index contributed by atoms with van der Waals surface area (Å²) in [6, 6.07) is 0. The van der Waals surface area contributed by atoms with Crippen LogP contribution in [0, 0.1) is 11.8 Å². The second-order valence-electron chi connectivity index (χ2n) is 8.20. The first-order chi connectivity index (χ1) is 9.17. The highest BCUT2D eigenvalue weighted by Crippen LogP contribution is 2.39. The normalized spacial score (nSPS) is 29.7. The minimum atomic E-state index is 0.0636. The molecule has 0 aromatic heterocycles. The Morgan fingerprint density at radius 2 is 1.70 bits per heavy atom. The summed E-state index contributed by atoms with van der Waals surface area (Å²) in [4.78, 5) is 0. The molecule has 0 bridgehead atoms. The van der Waals surface area contributed by atoms with Crippen LogP contribution >= 0.6 is 0 Å². The van der Waals surface area contributed by atoms with Crippen LogP contribution in [0.4, 0.5) is 0 Å². The Kier molecular flexibility index (Phi) is 6.53. The third-order valence-corrected chi connectivity index (χ3v) is 4.85. The van der Waals surface area contributed by atoms with Gasteiger partial charge >= 0.3 is 0 Å². The zero-order valence-electron chi connectivity index (χ0n) is 14.9. The van der Waals surface area contributed by atoms with Crippen LogP contribution in [0.5, 0.6) is 0 Å². The lowest BCUT2D eigenvalue weighted by molar-refractivity contribution is -0.117. The summed E-state index contributed by atoms with van der Waals surface area (Å²) >= 11 is 0. The van der Waals surface area contributed by atoms with E-state index >= 15 is 0 Å². The lowest BCUT2D eigenvalue weighted by atomic mass is 9.74. The Morgan fingerprint density at radius 1 is 1.15 bits per heavy atom. The molecular weight excluding hydrogens is 246 g/mol. The summed E-state index contributed by atoms with van der Waals surface area (Å²) < 4.78 is 6.49. The zero-order valence-corrected chi connectivity index (χ0v) is 14.9. The summed E-state index contributed by atoms with van der Waals surface area (Å²) in [7, 11) is 0. The van der Waals surface area contributed by atoms with Crippen molar-refractivity contribution in [2.45, 2.75) is 97.8 Å². The maximum absolute atomic E-state index is 6.49. The molecule has 1 saturated carbocycles. The van der Waals surface area contributed by atoms with E-state index in [4.69, 9.17) is 4.74 Å². The van der Waals surface area contributed by atoms with Crippen molar-refractivity contribution in [3.8, 4) is 0 Å². The van der Waals surface area contributed by atoms with Crippen molar-refractivity contribution in [1.82, 2.24) is 5.32 Å². The SMILES string of the molecule is CCC(C)OC1(CNC(C)(C)C)CCC(C(C)C)CC1. The van der Waals surface area contributed by atoms with Crippen LogP contribution in [0.3, 0.4) is 0 Å². The largest absolute Gasteiger partial charge is 0.371 e. The van der Waals surface area contributed by atoms with Crippen LogP contribution in [0.15, 0.2) is 0 Å². The molecule has 0 heterocycles. The molecule has 0 aromatic rings. The van der Waals surface area contributed by atoms with Gasteiger partial charge in [0.15, 0.2) is 0 Å². The van der Waals surface area contributed by atoms with Crippen LogP contribution in [-0.4, -0.2) is 23.8 Å². The Morgan fingerprint density at radius 3 is 2.10 bits per heavy atom. The van der Waals surface area contributed by atoms with Gasteiger partial charge in [0.2, 0.25) is 0 Å². The lowest BCUT2D eigenvalue weighted by Gasteiger charge is -2.44. The molecule has 1 atom stereocenters. The van der Waals surface area contributed by atoms with Crippen LogP contribution in [0.1, 0.15) is 80.6 Å². The fourth-order valence-corrected chi connectivity index (χ4v) is 3.11. The van der Waals surface area contributed by atoms with Gasteiger partial charge in [0, 0.05) is 12.1 Å². The average molecular weight is 284 g/mol. The molecule has 0 aliphatic heterocycles. The molecule has 0 saturated heterocycles. The first-order valence-corrected chi connectivity index (χ1v) is 8.60. The van der Waals surface area contributed by atoms with Gasteiger partial charge in [-0.15, -0.1) is 0 Å². The molecule has 0 radical (unpaired) electrons. The molecule has 1 aliphatic carbocycles. The van der Waals surface area contributed by atoms with E-state index in [1.54, 1.807) is 0 Å². The van der Waals surface area contributed by atoms with Crippen molar-refractivity contribution < 1.29 is 4.74 Å². The van der Waals surface area contributed by atoms with Crippen molar-refractivity contribution in [2.24, 2.45) is 11.8 Å². The van der Waals surface area contributed by atoms with Gasteiger partial charge < -0.3 is 10.1 Å². The highest BCUT2D eigenvalue weighted by molar-refractivity contribution is 4.92. The average Bonchev–Trinajstić information content (AvgIpc) is 2.36. The van der Waals surface area contributed by atoms with Crippen LogP contribution < -0.4 is 5.32 Å². The Balaban J connectivity index is 2.66. The summed E-state index contributed by atoms with van der Waals surface area (Å²) in [5.74, 6) is 1.70. The molecule has 1 rings (SSSR count). The molecule has 1 fully saturated rings. The van der Waals surface area contributed by atoms with Crippen LogP contribution in [-0.2, 0) is 4.74 Å². The van der Waals surface area contributed by atoms with Gasteiger partial charge in [-0.2, -0.15) is 0 Å². The molecule has 20 heavy (non-hydrogen) atoms. The lowest BCUT2D eigenvalue weighted by Crippen LogP contribution is -2.52. The van der Waals surface area contributed by atoms with Gasteiger partial charge in [-0.3, -0.25) is 0 Å². The molecule has 1 aliphatic rings. The van der Waals surface area contributed by atoms with Crippen LogP contribution in [0.25, 0.3) is 0 Å². The Bertz CT molecular complexity index is 272. The molecule has 0 aromatic carbocycles. The van der Waals surface area contributed by atoms with Crippen LogP contribution in [0.2, 0.25) is 0 Å². The third kappa shape index (κ3) is 5.73. The van der Waals surface area contributed by atoms with E-state index in [1.165, 1.54) is 25.7 Å². The van der Waals surface area contributed by atoms with E-state index < -0.39 is 0 Å². The smallest absolute Gasteiger partial charge is 0.0810 e. The molecule has 2 heteroatoms. The van der Waals surface area contributed by atoms with Gasteiger partial charge in [0.1, 0.15) is 0 Å². The minimum absolute atomic E-state index is 0.0636. The third-order valence-electron chi connectivity index (χ3n) is 4.85.